The molecule has 0 atom stereocenters. The fourth-order valence-electron chi connectivity index (χ4n) is 1.04. The van der Waals surface area contributed by atoms with E-state index < -0.39 is 0 Å². The maximum atomic E-state index is 4.37. The molecule has 68 valence electrons. The molecule has 0 aliphatic rings. The second kappa shape index (κ2) is 4.87. The Kier molecular flexibility index (Phi) is 3.77. The molecule has 0 bridgehead atoms. The number of hydrogen-bond donors (Lipinski definition) is 1. The van der Waals surface area contributed by atoms with Crippen molar-refractivity contribution >= 4 is 18.3 Å². The molecule has 2 heteroatoms. The molecule has 1 aromatic carbocycles. The van der Waals surface area contributed by atoms with Gasteiger partial charge < -0.3 is 0 Å². The summed E-state index contributed by atoms with van der Waals surface area (Å²) in [6, 6.07) is 10.1. The molecule has 0 aliphatic carbocycles. The summed E-state index contributed by atoms with van der Waals surface area (Å²) in [4.78, 5) is 4.37. The van der Waals surface area contributed by atoms with E-state index in [4.69, 9.17) is 0 Å². The second-order valence-electron chi connectivity index (χ2n) is 2.83. The predicted octanol–water partition coefficient (Wildman–Crippen LogP) is 3.29. The monoisotopic (exact) mass is 191 g/mol. The fourth-order valence-corrected chi connectivity index (χ4v) is 1.10. The topological polar surface area (TPSA) is 12.4 Å². The third-order valence-electron chi connectivity index (χ3n) is 1.72. The number of hydrogen-bond acceptors (Lipinski definition) is 2. The van der Waals surface area contributed by atoms with Crippen molar-refractivity contribution in [2.24, 2.45) is 4.99 Å². The van der Waals surface area contributed by atoms with Crippen LogP contribution in [0, 0.1) is 0 Å². The van der Waals surface area contributed by atoms with Crippen molar-refractivity contribution in [2.45, 2.75) is 13.8 Å². The van der Waals surface area contributed by atoms with E-state index in [-0.39, 0.29) is 0 Å². The van der Waals surface area contributed by atoms with Gasteiger partial charge in [-0.3, -0.25) is 4.99 Å². The Labute approximate surface area is 84.6 Å². The van der Waals surface area contributed by atoms with E-state index in [1.54, 1.807) is 5.41 Å². The molecule has 0 aliphatic heterocycles. The predicted molar refractivity (Wildman–Crippen MR) is 61.4 cm³/mol. The van der Waals surface area contributed by atoms with Crippen LogP contribution in [-0.4, -0.2) is 5.71 Å². The van der Waals surface area contributed by atoms with E-state index >= 15 is 0 Å². The zero-order valence-corrected chi connectivity index (χ0v) is 8.75. The standard InChI is InChI=1S/C11H13NS/c1-9(8-13)12-10(2)11-6-4-3-5-7-11/h3-8,13H,1-2H3/b9-8-,12-10?. The number of nitrogens with zero attached hydrogens (tertiary/aromatic N) is 1. The first-order valence-corrected chi connectivity index (χ1v) is 4.67. The molecule has 0 heterocycles. The number of benzene rings is 1. The van der Waals surface area contributed by atoms with Crippen LogP contribution >= 0.6 is 12.6 Å². The van der Waals surface area contributed by atoms with Gasteiger partial charge in [0, 0.05) is 11.4 Å². The number of aliphatic imine (C=N–C) groups is 1. The third kappa shape index (κ3) is 3.07. The first kappa shape index (κ1) is 10.1. The van der Waals surface area contributed by atoms with Crippen LogP contribution in [-0.2, 0) is 0 Å². The van der Waals surface area contributed by atoms with Crippen molar-refractivity contribution in [2.75, 3.05) is 0 Å². The van der Waals surface area contributed by atoms with Gasteiger partial charge in [-0.05, 0) is 24.8 Å². The van der Waals surface area contributed by atoms with Crippen molar-refractivity contribution in [3.63, 3.8) is 0 Å². The lowest BCUT2D eigenvalue weighted by Gasteiger charge is -1.99. The molecule has 0 N–H and O–H groups in total. The molecular formula is C11H13NS. The van der Waals surface area contributed by atoms with Gasteiger partial charge in [0.1, 0.15) is 0 Å². The van der Waals surface area contributed by atoms with Gasteiger partial charge in [-0.1, -0.05) is 30.3 Å². The first-order valence-electron chi connectivity index (χ1n) is 4.15. The summed E-state index contributed by atoms with van der Waals surface area (Å²) in [5.74, 6) is 0. The van der Waals surface area contributed by atoms with Crippen molar-refractivity contribution in [1.29, 1.82) is 0 Å². The van der Waals surface area contributed by atoms with Crippen molar-refractivity contribution in [1.82, 2.24) is 0 Å². The molecule has 1 rings (SSSR count). The van der Waals surface area contributed by atoms with Gasteiger partial charge in [0.25, 0.3) is 0 Å². The SMILES string of the molecule is CC(=N/C(C)=C\S)c1ccccc1. The molecule has 0 radical (unpaired) electrons. The van der Waals surface area contributed by atoms with Gasteiger partial charge in [-0.15, -0.1) is 12.6 Å². The molecule has 1 nitrogen and oxygen atoms in total. The molecule has 0 unspecified atom stereocenters. The van der Waals surface area contributed by atoms with Crippen molar-refractivity contribution in [3.05, 3.63) is 47.0 Å². The normalized spacial score (nSPS) is 13.2. The minimum absolute atomic E-state index is 0.921. The van der Waals surface area contributed by atoms with Crippen molar-refractivity contribution in [3.8, 4) is 0 Å². The number of rotatable bonds is 2. The Morgan fingerprint density at radius 1 is 1.23 bits per heavy atom. The van der Waals surface area contributed by atoms with Crippen LogP contribution in [0.3, 0.4) is 0 Å². The Morgan fingerprint density at radius 2 is 1.85 bits per heavy atom. The summed E-state index contributed by atoms with van der Waals surface area (Å²) in [7, 11) is 0. The minimum atomic E-state index is 0.921. The maximum absolute atomic E-state index is 4.37. The molecule has 0 aromatic heterocycles. The van der Waals surface area contributed by atoms with Gasteiger partial charge in [0.05, 0.1) is 0 Å². The highest BCUT2D eigenvalue weighted by molar-refractivity contribution is 7.83. The van der Waals surface area contributed by atoms with E-state index in [1.165, 1.54) is 0 Å². The van der Waals surface area contributed by atoms with E-state index in [0.717, 1.165) is 17.0 Å². The second-order valence-corrected chi connectivity index (χ2v) is 3.09. The third-order valence-corrected chi connectivity index (χ3v) is 2.10. The maximum Gasteiger partial charge on any atom is 0.0448 e. The Bertz CT molecular complexity index is 325. The summed E-state index contributed by atoms with van der Waals surface area (Å²) in [5.41, 5.74) is 3.09. The largest absolute Gasteiger partial charge is 0.257 e. The minimum Gasteiger partial charge on any atom is -0.257 e. The fraction of sp³-hybridized carbons (Fsp3) is 0.182. The lowest BCUT2D eigenvalue weighted by Crippen LogP contribution is -1.93. The number of allylic oxidation sites excluding steroid dienone is 1. The summed E-state index contributed by atoms with van der Waals surface area (Å²) in [5, 5.41) is 1.70. The van der Waals surface area contributed by atoms with Crippen molar-refractivity contribution < 1.29 is 0 Å². The quantitative estimate of drug-likeness (QED) is 0.544. The summed E-state index contributed by atoms with van der Waals surface area (Å²) in [6.45, 7) is 3.93. The molecule has 0 spiro atoms. The molecule has 1 aromatic rings. The van der Waals surface area contributed by atoms with Crippen LogP contribution in [0.5, 0.6) is 0 Å². The summed E-state index contributed by atoms with van der Waals surface area (Å²) >= 11 is 4.03. The van der Waals surface area contributed by atoms with Crippen LogP contribution in [0.25, 0.3) is 0 Å². The lowest BCUT2D eigenvalue weighted by atomic mass is 10.1. The first-order chi connectivity index (χ1) is 6.24. The molecule has 0 saturated heterocycles. The average molecular weight is 191 g/mol. The average Bonchev–Trinajstić information content (AvgIpc) is 2.19. The summed E-state index contributed by atoms with van der Waals surface area (Å²) < 4.78 is 0. The highest BCUT2D eigenvalue weighted by atomic mass is 32.1. The van der Waals surface area contributed by atoms with Crippen LogP contribution < -0.4 is 0 Å². The smallest absolute Gasteiger partial charge is 0.0448 e. The highest BCUT2D eigenvalue weighted by Crippen LogP contribution is 2.04. The van der Waals surface area contributed by atoms with Crippen LogP contribution in [0.2, 0.25) is 0 Å². The zero-order valence-electron chi connectivity index (χ0n) is 7.86. The Morgan fingerprint density at radius 3 is 2.38 bits per heavy atom. The van der Waals surface area contributed by atoms with Gasteiger partial charge in [0.2, 0.25) is 0 Å². The number of thiol groups is 1. The highest BCUT2D eigenvalue weighted by Gasteiger charge is 1.94. The molecule has 13 heavy (non-hydrogen) atoms. The van der Waals surface area contributed by atoms with E-state index in [2.05, 4.69) is 17.6 Å². The van der Waals surface area contributed by atoms with E-state index in [9.17, 15) is 0 Å². The Hall–Kier alpha value is -1.02. The molecular weight excluding hydrogens is 178 g/mol. The van der Waals surface area contributed by atoms with Gasteiger partial charge >= 0.3 is 0 Å². The molecule has 0 fully saturated rings. The van der Waals surface area contributed by atoms with Crippen LogP contribution in [0.1, 0.15) is 19.4 Å². The molecule has 0 amide bonds. The summed E-state index contributed by atoms with van der Waals surface area (Å²) in [6.07, 6.45) is 0. The van der Waals surface area contributed by atoms with E-state index in [0.29, 0.717) is 0 Å². The van der Waals surface area contributed by atoms with Gasteiger partial charge in [-0.25, -0.2) is 0 Å². The van der Waals surface area contributed by atoms with Crippen LogP contribution in [0.4, 0.5) is 0 Å². The van der Waals surface area contributed by atoms with Gasteiger partial charge in [-0.2, -0.15) is 0 Å². The molecule has 0 saturated carbocycles. The van der Waals surface area contributed by atoms with Crippen LogP contribution in [0.15, 0.2) is 46.4 Å². The Balaban J connectivity index is 2.92. The lowest BCUT2D eigenvalue weighted by molar-refractivity contribution is 1.31. The zero-order chi connectivity index (χ0) is 9.68. The van der Waals surface area contributed by atoms with E-state index in [1.807, 2.05) is 44.2 Å². The van der Waals surface area contributed by atoms with Gasteiger partial charge in [0.15, 0.2) is 0 Å².